The molecule has 0 bridgehead atoms. The van der Waals surface area contributed by atoms with Crippen LogP contribution >= 0.6 is 11.5 Å². The van der Waals surface area contributed by atoms with Crippen LogP contribution in [0.25, 0.3) is 5.69 Å². The van der Waals surface area contributed by atoms with E-state index in [4.69, 9.17) is 0 Å². The summed E-state index contributed by atoms with van der Waals surface area (Å²) in [7, 11) is 0. The van der Waals surface area contributed by atoms with E-state index in [0.717, 1.165) is 11.3 Å². The highest BCUT2D eigenvalue weighted by Crippen LogP contribution is 2.05. The number of rotatable bonds is 4. The monoisotopic (exact) mass is 310 g/mol. The molecule has 22 heavy (non-hydrogen) atoms. The molecule has 2 aromatic carbocycles. The minimum atomic E-state index is -0.0204. The van der Waals surface area contributed by atoms with Gasteiger partial charge in [0, 0.05) is 17.1 Å². The number of hydrogen-bond donors (Lipinski definition) is 0. The average molecular weight is 310 g/mol. The van der Waals surface area contributed by atoms with E-state index >= 15 is 0 Å². The van der Waals surface area contributed by atoms with Crippen molar-refractivity contribution in [1.29, 1.82) is 0 Å². The molecule has 1 heterocycles. The smallest absolute Gasteiger partial charge is 0.227 e. The van der Waals surface area contributed by atoms with E-state index < -0.39 is 0 Å². The Labute approximate surface area is 131 Å². The number of carbonyl (C=O) groups is 1. The minimum Gasteiger partial charge on any atom is -0.292 e. The van der Waals surface area contributed by atoms with Gasteiger partial charge in [0.15, 0.2) is 5.78 Å². The van der Waals surface area contributed by atoms with Crippen molar-refractivity contribution in [3.63, 3.8) is 0 Å². The van der Waals surface area contributed by atoms with Crippen LogP contribution in [-0.2, 0) is 0 Å². The zero-order valence-electron chi connectivity index (χ0n) is 12.0. The molecule has 3 aromatic rings. The molecule has 0 N–H and O–H groups in total. The van der Waals surface area contributed by atoms with Crippen LogP contribution in [0.4, 0.5) is 0 Å². The van der Waals surface area contributed by atoms with Crippen LogP contribution < -0.4 is 4.80 Å². The number of hydrogen-bond acceptors (Lipinski definition) is 5. The van der Waals surface area contributed by atoms with Gasteiger partial charge in [0.05, 0.1) is 5.69 Å². The summed E-state index contributed by atoms with van der Waals surface area (Å²) in [6.45, 7) is 2.07. The first-order valence-electron chi connectivity index (χ1n) is 6.81. The van der Waals surface area contributed by atoms with Crippen molar-refractivity contribution < 1.29 is 4.79 Å². The van der Waals surface area contributed by atoms with Gasteiger partial charge in [-0.05, 0) is 24.3 Å². The van der Waals surface area contributed by atoms with Gasteiger partial charge < -0.3 is 0 Å². The summed E-state index contributed by atoms with van der Waals surface area (Å²) < 4.78 is 5.54. The molecule has 0 aliphatic rings. The number of ketones is 1. The Hall–Kier alpha value is -2.60. The second-order valence-electron chi connectivity index (χ2n) is 4.80. The second kappa shape index (κ2) is 6.44. The van der Waals surface area contributed by atoms with Crippen molar-refractivity contribution in [3.05, 3.63) is 70.5 Å². The first-order chi connectivity index (χ1) is 10.7. The molecule has 0 unspecified atom stereocenters. The third-order valence-electron chi connectivity index (χ3n) is 3.16. The van der Waals surface area contributed by atoms with Crippen molar-refractivity contribution in [2.24, 2.45) is 4.99 Å². The molecule has 0 amide bonds. The van der Waals surface area contributed by atoms with Gasteiger partial charge in [-0.1, -0.05) is 52.5 Å². The van der Waals surface area contributed by atoms with Crippen molar-refractivity contribution in [2.45, 2.75) is 6.92 Å². The summed E-state index contributed by atoms with van der Waals surface area (Å²) in [4.78, 5) is 17.1. The molecule has 0 saturated heterocycles. The molecule has 0 aliphatic carbocycles. The van der Waals surface area contributed by atoms with Gasteiger partial charge in [-0.2, -0.15) is 4.68 Å². The van der Waals surface area contributed by atoms with Gasteiger partial charge in [-0.3, -0.25) is 4.79 Å². The van der Waals surface area contributed by atoms with Crippen LogP contribution in [0.15, 0.2) is 59.6 Å². The molecule has 0 fully saturated rings. The zero-order valence-corrected chi connectivity index (χ0v) is 12.8. The lowest BCUT2D eigenvalue weighted by molar-refractivity contribution is 0.100. The zero-order chi connectivity index (χ0) is 15.4. The number of carbonyl (C=O) groups excluding carboxylic acids is 1. The highest BCUT2D eigenvalue weighted by Gasteiger charge is 2.06. The predicted octanol–water partition coefficient (Wildman–Crippen LogP) is 2.42. The minimum absolute atomic E-state index is 0.0204. The van der Waals surface area contributed by atoms with Gasteiger partial charge in [0.25, 0.3) is 0 Å². The fourth-order valence-corrected chi connectivity index (χ4v) is 2.49. The van der Waals surface area contributed by atoms with Gasteiger partial charge in [0.1, 0.15) is 6.54 Å². The molecule has 0 atom stereocenters. The lowest BCUT2D eigenvalue weighted by Gasteiger charge is -1.99. The highest BCUT2D eigenvalue weighted by molar-refractivity contribution is 7.02. The lowest BCUT2D eigenvalue weighted by atomic mass is 10.1. The maximum absolute atomic E-state index is 12.2. The fourth-order valence-electron chi connectivity index (χ4n) is 1.97. The number of Topliss-reactive ketones (excluding diaryl/α,β-unsaturated/α-hetero) is 1. The average Bonchev–Trinajstić information content (AvgIpc) is 3.02. The summed E-state index contributed by atoms with van der Waals surface area (Å²) in [5, 5.41) is 4.03. The van der Waals surface area contributed by atoms with E-state index in [0.29, 0.717) is 10.4 Å². The molecule has 1 aromatic heterocycles. The van der Waals surface area contributed by atoms with E-state index in [2.05, 4.69) is 14.7 Å². The molecule has 0 saturated carbocycles. The first-order valence-corrected chi connectivity index (χ1v) is 7.59. The van der Waals surface area contributed by atoms with Crippen LogP contribution in [0.3, 0.4) is 0 Å². The van der Waals surface area contributed by atoms with Crippen LogP contribution in [0.1, 0.15) is 15.9 Å². The van der Waals surface area contributed by atoms with Crippen LogP contribution in [0.2, 0.25) is 0 Å². The second-order valence-corrected chi connectivity index (χ2v) is 5.51. The van der Waals surface area contributed by atoms with Crippen molar-refractivity contribution in [2.75, 3.05) is 6.54 Å². The predicted molar refractivity (Wildman–Crippen MR) is 85.2 cm³/mol. The Balaban J connectivity index is 1.84. The molecule has 0 spiro atoms. The Morgan fingerprint density at radius 1 is 1.14 bits per heavy atom. The Bertz CT molecular complexity index is 834. The largest absolute Gasteiger partial charge is 0.292 e. The van der Waals surface area contributed by atoms with E-state index in [1.807, 2.05) is 61.5 Å². The van der Waals surface area contributed by atoms with Gasteiger partial charge in [-0.15, -0.1) is 0 Å². The molecule has 0 radical (unpaired) electrons. The van der Waals surface area contributed by atoms with Crippen molar-refractivity contribution in [1.82, 2.24) is 14.4 Å². The Morgan fingerprint density at radius 3 is 2.59 bits per heavy atom. The molecule has 6 heteroatoms. The number of nitrogens with zero attached hydrogens (tertiary/aromatic N) is 4. The molecular weight excluding hydrogens is 296 g/mol. The summed E-state index contributed by atoms with van der Waals surface area (Å²) in [5.74, 6) is -0.0204. The molecule has 110 valence electrons. The van der Waals surface area contributed by atoms with Crippen LogP contribution in [0.5, 0.6) is 0 Å². The Kier molecular flexibility index (Phi) is 4.20. The molecule has 0 aliphatic heterocycles. The summed E-state index contributed by atoms with van der Waals surface area (Å²) in [6.07, 6.45) is 0. The van der Waals surface area contributed by atoms with Crippen molar-refractivity contribution >= 4 is 17.3 Å². The van der Waals surface area contributed by atoms with Crippen molar-refractivity contribution in [3.8, 4) is 5.69 Å². The number of aromatic nitrogens is 3. The van der Waals surface area contributed by atoms with Gasteiger partial charge in [-0.25, -0.2) is 4.99 Å². The fraction of sp³-hybridized carbons (Fsp3) is 0.125. The van der Waals surface area contributed by atoms with Crippen LogP contribution in [0, 0.1) is 6.92 Å². The normalized spacial score (nSPS) is 11.6. The van der Waals surface area contributed by atoms with Gasteiger partial charge >= 0.3 is 0 Å². The first kappa shape index (κ1) is 14.3. The van der Waals surface area contributed by atoms with E-state index in [1.165, 1.54) is 11.5 Å². The van der Waals surface area contributed by atoms with Gasteiger partial charge in [0.2, 0.25) is 4.80 Å². The lowest BCUT2D eigenvalue weighted by Crippen LogP contribution is -2.17. The summed E-state index contributed by atoms with van der Waals surface area (Å²) in [5.41, 5.74) is 2.66. The number of benzene rings is 2. The maximum Gasteiger partial charge on any atom is 0.227 e. The highest BCUT2D eigenvalue weighted by atomic mass is 32.1. The number of para-hydroxylation sites is 1. The van der Waals surface area contributed by atoms with Crippen LogP contribution in [-0.4, -0.2) is 26.7 Å². The summed E-state index contributed by atoms with van der Waals surface area (Å²) in [6, 6.07) is 17.1. The Morgan fingerprint density at radius 2 is 1.86 bits per heavy atom. The summed E-state index contributed by atoms with van der Waals surface area (Å²) >= 11 is 1.17. The van der Waals surface area contributed by atoms with E-state index in [9.17, 15) is 4.79 Å². The van der Waals surface area contributed by atoms with E-state index in [1.54, 1.807) is 4.68 Å². The number of aryl methyl sites for hydroxylation is 1. The quantitative estimate of drug-likeness (QED) is 0.695. The maximum atomic E-state index is 12.2. The molecule has 5 nitrogen and oxygen atoms in total. The third-order valence-corrected chi connectivity index (χ3v) is 3.78. The molecular formula is C16H14N4OS. The topological polar surface area (TPSA) is 60.1 Å². The molecule has 3 rings (SSSR count). The standard InChI is InChI=1S/C16H14N4OS/c1-12-7-9-13(10-8-12)15(21)11-17-16-20(18-19-22-16)14-5-3-2-4-6-14/h2-10H,11H2,1H3. The van der Waals surface area contributed by atoms with E-state index in [-0.39, 0.29) is 12.3 Å². The SMILES string of the molecule is Cc1ccc(C(=O)CN=c2snnn2-c2ccccc2)cc1. The third kappa shape index (κ3) is 3.17.